The quantitative estimate of drug-likeness (QED) is 0.617. The zero-order valence-corrected chi connectivity index (χ0v) is 14.5. The van der Waals surface area contributed by atoms with Crippen LogP contribution >= 0.6 is 0 Å². The molecule has 3 heterocycles. The molecule has 1 spiro atoms. The van der Waals surface area contributed by atoms with Crippen LogP contribution in [0.1, 0.15) is 13.8 Å². The predicted octanol–water partition coefficient (Wildman–Crippen LogP) is 1.93. The van der Waals surface area contributed by atoms with E-state index in [0.717, 1.165) is 11.4 Å². The van der Waals surface area contributed by atoms with Gasteiger partial charge in [-0.15, -0.1) is 0 Å². The van der Waals surface area contributed by atoms with Gasteiger partial charge in [0.1, 0.15) is 17.3 Å². The van der Waals surface area contributed by atoms with Crippen LogP contribution < -0.4 is 9.64 Å². The predicted molar refractivity (Wildman–Crippen MR) is 90.3 cm³/mol. The average Bonchev–Trinajstić information content (AvgIpc) is 3.22. The summed E-state index contributed by atoms with van der Waals surface area (Å²) in [7, 11) is 1.60. The number of nitrogens with zero attached hydrogens (tertiary/aromatic N) is 1. The molecule has 3 aliphatic rings. The Morgan fingerprint density at radius 2 is 2.04 bits per heavy atom. The minimum Gasteiger partial charge on any atom is -0.497 e. The molecule has 4 atom stereocenters. The number of carbonyl (C=O) groups is 2. The molecule has 1 unspecified atom stereocenters. The molecule has 4 rings (SSSR count). The smallest absolute Gasteiger partial charge is 0.313 e. The lowest BCUT2D eigenvalue weighted by Crippen LogP contribution is -2.40. The number of methoxy groups -OCH3 is 1. The van der Waals surface area contributed by atoms with Gasteiger partial charge in [0.15, 0.2) is 0 Å². The third-order valence-electron chi connectivity index (χ3n) is 5.11. The van der Waals surface area contributed by atoms with Crippen LogP contribution in [0.4, 0.5) is 5.69 Å². The Balaban J connectivity index is 1.64. The summed E-state index contributed by atoms with van der Waals surface area (Å²) in [6.45, 7) is 4.01. The molecule has 1 amide bonds. The van der Waals surface area contributed by atoms with Crippen LogP contribution in [0, 0.1) is 11.8 Å². The molecule has 2 bridgehead atoms. The lowest BCUT2D eigenvalue weighted by atomic mass is 9.77. The van der Waals surface area contributed by atoms with Crippen LogP contribution in [0.15, 0.2) is 36.4 Å². The normalized spacial score (nSPS) is 32.4. The Hall–Kier alpha value is -2.34. The summed E-state index contributed by atoms with van der Waals surface area (Å²) in [5.74, 6) is -0.841. The molecule has 132 valence electrons. The Labute approximate surface area is 146 Å². The fraction of sp³-hybridized carbons (Fsp3) is 0.474. The van der Waals surface area contributed by atoms with Crippen molar-refractivity contribution in [3.63, 3.8) is 0 Å². The van der Waals surface area contributed by atoms with Crippen molar-refractivity contribution in [1.82, 2.24) is 0 Å². The van der Waals surface area contributed by atoms with Crippen molar-refractivity contribution in [1.29, 1.82) is 0 Å². The molecule has 1 aromatic carbocycles. The van der Waals surface area contributed by atoms with Crippen molar-refractivity contribution in [2.24, 2.45) is 11.8 Å². The van der Waals surface area contributed by atoms with Crippen molar-refractivity contribution in [3.8, 4) is 5.75 Å². The molecule has 0 aliphatic carbocycles. The SMILES string of the molecule is COc1ccc(N2C[C@@]34C=C[C@@H](O3)C(C(=O)OC(C)C)[C@H]4C2=O)cc1. The number of amides is 1. The first-order valence-electron chi connectivity index (χ1n) is 8.48. The number of anilines is 1. The Bertz CT molecular complexity index is 741. The summed E-state index contributed by atoms with van der Waals surface area (Å²) in [4.78, 5) is 27.3. The van der Waals surface area contributed by atoms with E-state index in [-0.39, 0.29) is 24.1 Å². The van der Waals surface area contributed by atoms with Gasteiger partial charge in [-0.2, -0.15) is 0 Å². The van der Waals surface area contributed by atoms with Gasteiger partial charge in [-0.25, -0.2) is 0 Å². The molecule has 1 aromatic rings. The van der Waals surface area contributed by atoms with Gasteiger partial charge in [0.25, 0.3) is 0 Å². The van der Waals surface area contributed by atoms with Gasteiger partial charge >= 0.3 is 5.97 Å². The maximum absolute atomic E-state index is 13.1. The number of fused-ring (bicyclic) bond motifs is 1. The maximum Gasteiger partial charge on any atom is 0.313 e. The van der Waals surface area contributed by atoms with Gasteiger partial charge in [0.2, 0.25) is 5.91 Å². The van der Waals surface area contributed by atoms with Gasteiger partial charge < -0.3 is 19.1 Å². The Morgan fingerprint density at radius 1 is 1.32 bits per heavy atom. The number of carbonyl (C=O) groups excluding carboxylic acids is 2. The lowest BCUT2D eigenvalue weighted by molar-refractivity contribution is -0.156. The molecule has 0 aromatic heterocycles. The number of ether oxygens (including phenoxy) is 3. The van der Waals surface area contributed by atoms with E-state index in [1.165, 1.54) is 0 Å². The molecular weight excluding hydrogens is 322 g/mol. The second-order valence-electron chi connectivity index (χ2n) is 7.01. The van der Waals surface area contributed by atoms with Gasteiger partial charge in [-0.05, 0) is 38.1 Å². The molecule has 6 heteroatoms. The molecule has 25 heavy (non-hydrogen) atoms. The Kier molecular flexibility index (Phi) is 3.61. The van der Waals surface area contributed by atoms with Gasteiger partial charge in [0.05, 0.1) is 31.8 Å². The monoisotopic (exact) mass is 343 g/mol. The van der Waals surface area contributed by atoms with Crippen LogP contribution in [0.3, 0.4) is 0 Å². The van der Waals surface area contributed by atoms with Gasteiger partial charge in [0, 0.05) is 5.69 Å². The van der Waals surface area contributed by atoms with Crippen molar-refractivity contribution < 1.29 is 23.8 Å². The standard InChI is InChI=1S/C19H21NO5/c1-11(2)24-18(22)15-14-8-9-19(25-14)10-20(17(21)16(15)19)12-4-6-13(23-3)7-5-12/h4-9,11,14-16H,10H2,1-3H3/t14-,15?,16+,19-/m1/s1. The van der Waals surface area contributed by atoms with E-state index in [0.29, 0.717) is 6.54 Å². The summed E-state index contributed by atoms with van der Waals surface area (Å²) >= 11 is 0. The van der Waals surface area contributed by atoms with Crippen LogP contribution in [-0.2, 0) is 19.1 Å². The molecule has 0 saturated carbocycles. The second kappa shape index (κ2) is 5.59. The zero-order valence-electron chi connectivity index (χ0n) is 14.5. The summed E-state index contributed by atoms with van der Waals surface area (Å²) in [6, 6.07) is 7.30. The molecule has 3 aliphatic heterocycles. The first-order valence-corrected chi connectivity index (χ1v) is 8.48. The third-order valence-corrected chi connectivity index (χ3v) is 5.11. The second-order valence-corrected chi connectivity index (χ2v) is 7.01. The van der Waals surface area contributed by atoms with Crippen molar-refractivity contribution >= 4 is 17.6 Å². The van der Waals surface area contributed by atoms with Crippen LogP contribution in [0.2, 0.25) is 0 Å². The number of hydrogen-bond acceptors (Lipinski definition) is 5. The summed E-state index contributed by atoms with van der Waals surface area (Å²) in [5, 5.41) is 0. The van der Waals surface area contributed by atoms with E-state index in [1.54, 1.807) is 25.9 Å². The van der Waals surface area contributed by atoms with Crippen molar-refractivity contribution in [2.45, 2.75) is 31.7 Å². The fourth-order valence-corrected chi connectivity index (χ4v) is 4.06. The number of rotatable bonds is 4. The summed E-state index contributed by atoms with van der Waals surface area (Å²) in [5.41, 5.74) is 0.0357. The average molecular weight is 343 g/mol. The van der Waals surface area contributed by atoms with E-state index in [1.807, 2.05) is 36.4 Å². The van der Waals surface area contributed by atoms with E-state index < -0.39 is 17.4 Å². The zero-order chi connectivity index (χ0) is 17.8. The first-order chi connectivity index (χ1) is 11.9. The molecular formula is C19H21NO5. The van der Waals surface area contributed by atoms with Gasteiger partial charge in [-0.1, -0.05) is 12.2 Å². The third kappa shape index (κ3) is 2.35. The minimum absolute atomic E-state index is 0.0947. The van der Waals surface area contributed by atoms with E-state index in [2.05, 4.69) is 0 Å². The van der Waals surface area contributed by atoms with Crippen LogP contribution in [0.25, 0.3) is 0 Å². The minimum atomic E-state index is -0.734. The molecule has 0 radical (unpaired) electrons. The maximum atomic E-state index is 13.1. The molecule has 0 N–H and O–H groups in total. The highest BCUT2D eigenvalue weighted by atomic mass is 16.6. The lowest BCUT2D eigenvalue weighted by Gasteiger charge is -2.23. The number of benzene rings is 1. The highest BCUT2D eigenvalue weighted by Crippen LogP contribution is 2.53. The van der Waals surface area contributed by atoms with E-state index in [9.17, 15) is 9.59 Å². The molecule has 2 fully saturated rings. The van der Waals surface area contributed by atoms with E-state index >= 15 is 0 Å². The van der Waals surface area contributed by atoms with E-state index in [4.69, 9.17) is 14.2 Å². The number of hydrogen-bond donors (Lipinski definition) is 0. The van der Waals surface area contributed by atoms with Crippen molar-refractivity contribution in [3.05, 3.63) is 36.4 Å². The van der Waals surface area contributed by atoms with Crippen molar-refractivity contribution in [2.75, 3.05) is 18.6 Å². The summed E-state index contributed by atoms with van der Waals surface area (Å²) < 4.78 is 16.6. The van der Waals surface area contributed by atoms with Crippen LogP contribution in [0.5, 0.6) is 5.75 Å². The molecule has 6 nitrogen and oxygen atoms in total. The number of esters is 1. The fourth-order valence-electron chi connectivity index (χ4n) is 4.06. The highest BCUT2D eigenvalue weighted by molar-refractivity contribution is 6.02. The largest absolute Gasteiger partial charge is 0.497 e. The van der Waals surface area contributed by atoms with Crippen LogP contribution in [-0.4, -0.2) is 43.3 Å². The topological polar surface area (TPSA) is 65.1 Å². The Morgan fingerprint density at radius 3 is 2.68 bits per heavy atom. The summed E-state index contributed by atoms with van der Waals surface area (Å²) in [6.07, 6.45) is 3.22. The highest BCUT2D eigenvalue weighted by Gasteiger charge is 2.67. The first kappa shape index (κ1) is 16.1. The van der Waals surface area contributed by atoms with Gasteiger partial charge in [-0.3, -0.25) is 9.59 Å². The molecule has 2 saturated heterocycles.